The lowest BCUT2D eigenvalue weighted by atomic mass is 10.0. The third-order valence-electron chi connectivity index (χ3n) is 1.56. The normalized spacial score (nSPS) is 15.9. The van der Waals surface area contributed by atoms with Crippen molar-refractivity contribution < 1.29 is 14.9 Å². The molecule has 3 heteroatoms. The van der Waals surface area contributed by atoms with Gasteiger partial charge >= 0.3 is 0 Å². The van der Waals surface area contributed by atoms with Crippen LogP contribution in [0, 0.1) is 0 Å². The first-order chi connectivity index (χ1) is 5.18. The van der Waals surface area contributed by atoms with Gasteiger partial charge in [0.05, 0.1) is 19.8 Å². The van der Waals surface area contributed by atoms with Gasteiger partial charge in [-0.05, 0) is 6.42 Å². The fraction of sp³-hybridized carbons (Fsp3) is 0.750. The van der Waals surface area contributed by atoms with Crippen LogP contribution in [-0.2, 0) is 4.74 Å². The Labute approximate surface area is 67.3 Å². The molecule has 0 rings (SSSR count). The average Bonchev–Trinajstić information content (AvgIpc) is 2.05. The van der Waals surface area contributed by atoms with Crippen LogP contribution in [-0.4, -0.2) is 35.6 Å². The second-order valence-electron chi connectivity index (χ2n) is 2.54. The van der Waals surface area contributed by atoms with E-state index in [0.717, 1.165) is 0 Å². The molecule has 3 nitrogen and oxygen atoms in total. The van der Waals surface area contributed by atoms with Crippen LogP contribution in [0.15, 0.2) is 12.7 Å². The highest BCUT2D eigenvalue weighted by Crippen LogP contribution is 2.08. The molecule has 0 aliphatic carbocycles. The van der Waals surface area contributed by atoms with Crippen molar-refractivity contribution in [3.05, 3.63) is 12.7 Å². The van der Waals surface area contributed by atoms with Crippen molar-refractivity contribution >= 4 is 0 Å². The van der Waals surface area contributed by atoms with Crippen LogP contribution in [0.3, 0.4) is 0 Å². The van der Waals surface area contributed by atoms with Crippen molar-refractivity contribution in [1.82, 2.24) is 0 Å². The average molecular weight is 160 g/mol. The minimum atomic E-state index is -1.08. The molecule has 1 unspecified atom stereocenters. The number of aliphatic hydroxyl groups is 2. The minimum absolute atomic E-state index is 0.159. The van der Waals surface area contributed by atoms with Crippen molar-refractivity contribution in [2.75, 3.05) is 19.8 Å². The van der Waals surface area contributed by atoms with Gasteiger partial charge in [-0.1, -0.05) is 13.0 Å². The van der Waals surface area contributed by atoms with Gasteiger partial charge in [-0.15, -0.1) is 6.58 Å². The Kier molecular flexibility index (Phi) is 5.11. The SMILES string of the molecule is C=CCOCC(O)(CC)CO. The molecule has 0 saturated heterocycles. The van der Waals surface area contributed by atoms with E-state index >= 15 is 0 Å². The maximum Gasteiger partial charge on any atom is 0.111 e. The van der Waals surface area contributed by atoms with E-state index in [1.54, 1.807) is 13.0 Å². The van der Waals surface area contributed by atoms with Gasteiger partial charge < -0.3 is 14.9 Å². The van der Waals surface area contributed by atoms with Crippen LogP contribution in [0.25, 0.3) is 0 Å². The molecule has 1 atom stereocenters. The van der Waals surface area contributed by atoms with Crippen LogP contribution in [0.4, 0.5) is 0 Å². The summed E-state index contributed by atoms with van der Waals surface area (Å²) in [5.41, 5.74) is -1.08. The topological polar surface area (TPSA) is 49.7 Å². The summed E-state index contributed by atoms with van der Waals surface area (Å²) in [5.74, 6) is 0. The summed E-state index contributed by atoms with van der Waals surface area (Å²) < 4.78 is 5.00. The van der Waals surface area contributed by atoms with Crippen LogP contribution in [0.2, 0.25) is 0 Å². The van der Waals surface area contributed by atoms with Crippen LogP contribution < -0.4 is 0 Å². The highest BCUT2D eigenvalue weighted by Gasteiger charge is 2.23. The van der Waals surface area contributed by atoms with E-state index < -0.39 is 5.60 Å². The first kappa shape index (κ1) is 10.6. The molecule has 0 spiro atoms. The van der Waals surface area contributed by atoms with E-state index in [2.05, 4.69) is 6.58 Å². The third kappa shape index (κ3) is 4.14. The van der Waals surface area contributed by atoms with E-state index in [4.69, 9.17) is 9.84 Å². The second kappa shape index (κ2) is 5.29. The molecule has 11 heavy (non-hydrogen) atoms. The quantitative estimate of drug-likeness (QED) is 0.434. The summed E-state index contributed by atoms with van der Waals surface area (Å²) in [5, 5.41) is 18.2. The Morgan fingerprint density at radius 2 is 2.27 bits per heavy atom. The monoisotopic (exact) mass is 160 g/mol. The van der Waals surface area contributed by atoms with Crippen molar-refractivity contribution in [3.63, 3.8) is 0 Å². The number of rotatable bonds is 6. The van der Waals surface area contributed by atoms with Crippen LogP contribution in [0.5, 0.6) is 0 Å². The zero-order valence-electron chi connectivity index (χ0n) is 6.92. The summed E-state index contributed by atoms with van der Waals surface area (Å²) in [7, 11) is 0. The molecule has 66 valence electrons. The summed E-state index contributed by atoms with van der Waals surface area (Å²) in [4.78, 5) is 0. The van der Waals surface area contributed by atoms with Crippen LogP contribution in [0.1, 0.15) is 13.3 Å². The molecule has 0 heterocycles. The maximum atomic E-state index is 9.45. The molecular formula is C8H16O3. The lowest BCUT2D eigenvalue weighted by molar-refractivity contribution is -0.0748. The first-order valence-corrected chi connectivity index (χ1v) is 3.70. The largest absolute Gasteiger partial charge is 0.393 e. The zero-order chi connectivity index (χ0) is 8.74. The summed E-state index contributed by atoms with van der Waals surface area (Å²) in [6, 6.07) is 0. The molecule has 0 aliphatic heterocycles. The molecule has 0 aromatic carbocycles. The number of aliphatic hydroxyl groups excluding tert-OH is 1. The van der Waals surface area contributed by atoms with E-state index in [-0.39, 0.29) is 13.2 Å². The number of ether oxygens (including phenoxy) is 1. The molecule has 0 radical (unpaired) electrons. The van der Waals surface area contributed by atoms with Crippen LogP contribution >= 0.6 is 0 Å². The highest BCUT2D eigenvalue weighted by molar-refractivity contribution is 4.75. The molecule has 0 saturated carbocycles. The fourth-order valence-electron chi connectivity index (χ4n) is 0.592. The molecule has 2 N–H and O–H groups in total. The molecule has 0 amide bonds. The first-order valence-electron chi connectivity index (χ1n) is 3.70. The third-order valence-corrected chi connectivity index (χ3v) is 1.56. The van der Waals surface area contributed by atoms with Crippen molar-refractivity contribution in [3.8, 4) is 0 Å². The van der Waals surface area contributed by atoms with E-state index in [1.165, 1.54) is 0 Å². The number of hydrogen-bond donors (Lipinski definition) is 2. The zero-order valence-corrected chi connectivity index (χ0v) is 6.92. The minimum Gasteiger partial charge on any atom is -0.393 e. The van der Waals surface area contributed by atoms with Crippen molar-refractivity contribution in [1.29, 1.82) is 0 Å². The van der Waals surface area contributed by atoms with Gasteiger partial charge in [-0.3, -0.25) is 0 Å². The highest BCUT2D eigenvalue weighted by atomic mass is 16.5. The fourth-order valence-corrected chi connectivity index (χ4v) is 0.592. The predicted molar refractivity (Wildman–Crippen MR) is 43.3 cm³/mol. The molecule has 0 aromatic heterocycles. The molecular weight excluding hydrogens is 144 g/mol. The summed E-state index contributed by atoms with van der Waals surface area (Å²) in [6.07, 6.45) is 2.09. The predicted octanol–water partition coefficient (Wildman–Crippen LogP) is 0.322. The Bertz CT molecular complexity index is 108. The van der Waals surface area contributed by atoms with Gasteiger partial charge in [0.25, 0.3) is 0 Å². The smallest absolute Gasteiger partial charge is 0.111 e. The van der Waals surface area contributed by atoms with Crippen molar-refractivity contribution in [2.45, 2.75) is 18.9 Å². The van der Waals surface area contributed by atoms with Gasteiger partial charge in [-0.2, -0.15) is 0 Å². The Morgan fingerprint density at radius 3 is 2.64 bits per heavy atom. The Balaban J connectivity index is 3.59. The standard InChI is InChI=1S/C8H16O3/c1-3-5-11-7-8(10,4-2)6-9/h3,9-10H,1,4-7H2,2H3. The van der Waals surface area contributed by atoms with Gasteiger partial charge in [-0.25, -0.2) is 0 Å². The lowest BCUT2D eigenvalue weighted by Crippen LogP contribution is -2.37. The van der Waals surface area contributed by atoms with E-state index in [9.17, 15) is 5.11 Å². The molecule has 0 bridgehead atoms. The summed E-state index contributed by atoms with van der Waals surface area (Å²) in [6.45, 7) is 5.56. The lowest BCUT2D eigenvalue weighted by Gasteiger charge is -2.23. The van der Waals surface area contributed by atoms with Crippen molar-refractivity contribution in [2.24, 2.45) is 0 Å². The van der Waals surface area contributed by atoms with E-state index in [1.807, 2.05) is 0 Å². The Hall–Kier alpha value is -0.380. The van der Waals surface area contributed by atoms with E-state index in [0.29, 0.717) is 13.0 Å². The Morgan fingerprint density at radius 1 is 1.64 bits per heavy atom. The van der Waals surface area contributed by atoms with Gasteiger partial charge in [0.15, 0.2) is 0 Å². The van der Waals surface area contributed by atoms with Gasteiger partial charge in [0.2, 0.25) is 0 Å². The van der Waals surface area contributed by atoms with Gasteiger partial charge in [0, 0.05) is 0 Å². The number of hydrogen-bond acceptors (Lipinski definition) is 3. The molecule has 0 fully saturated rings. The van der Waals surface area contributed by atoms with Gasteiger partial charge in [0.1, 0.15) is 5.60 Å². The molecule has 0 aromatic rings. The maximum absolute atomic E-state index is 9.45. The summed E-state index contributed by atoms with van der Waals surface area (Å²) >= 11 is 0. The second-order valence-corrected chi connectivity index (χ2v) is 2.54. The molecule has 0 aliphatic rings.